The lowest BCUT2D eigenvalue weighted by Gasteiger charge is -2.34. The maximum Gasteiger partial charge on any atom is 0.227 e. The Labute approximate surface area is 383 Å². The van der Waals surface area contributed by atoms with Crippen LogP contribution in [0, 0.1) is 0 Å². The molecule has 0 atom stereocenters. The van der Waals surface area contributed by atoms with Crippen molar-refractivity contribution >= 4 is 51.6 Å². The van der Waals surface area contributed by atoms with Crippen LogP contribution in [-0.4, -0.2) is 113 Å². The van der Waals surface area contributed by atoms with Gasteiger partial charge in [0.25, 0.3) is 0 Å². The van der Waals surface area contributed by atoms with Crippen molar-refractivity contribution in [1.82, 2.24) is 19.8 Å². The molecule has 0 saturated carbocycles. The fourth-order valence-corrected chi connectivity index (χ4v) is 8.85. The SMILES string of the molecule is CN1CCN(c2cc(NCc3ccccc3)c(N)c(-c3cccc(CNc4cc(N5CCOCC5)cc(-c5cccc(CNc6nc(N7CCN(C)CC7)ncc6N)c5)c4N)c3)c2)CC1. The second kappa shape index (κ2) is 20.0. The zero-order chi connectivity index (χ0) is 44.7. The number of morpholine rings is 1. The van der Waals surface area contributed by atoms with Crippen LogP contribution in [-0.2, 0) is 24.4 Å². The van der Waals surface area contributed by atoms with Gasteiger partial charge in [0.05, 0.1) is 47.8 Å². The molecule has 0 spiro atoms. The molecule has 5 aromatic carbocycles. The van der Waals surface area contributed by atoms with Gasteiger partial charge in [0, 0.05) is 108 Å². The highest BCUT2D eigenvalue weighted by molar-refractivity contribution is 5.91. The van der Waals surface area contributed by atoms with Crippen molar-refractivity contribution in [3.05, 3.63) is 126 Å². The summed E-state index contributed by atoms with van der Waals surface area (Å²) in [7, 11) is 4.33. The van der Waals surface area contributed by atoms with Gasteiger partial charge in [-0.1, -0.05) is 66.7 Å². The molecular weight excluding hydrogens is 811 g/mol. The van der Waals surface area contributed by atoms with Crippen molar-refractivity contribution in [2.24, 2.45) is 0 Å². The molecule has 338 valence electrons. The van der Waals surface area contributed by atoms with Crippen molar-refractivity contribution in [1.29, 1.82) is 0 Å². The number of benzene rings is 5. The summed E-state index contributed by atoms with van der Waals surface area (Å²) in [5.41, 5.74) is 34.1. The lowest BCUT2D eigenvalue weighted by molar-refractivity contribution is 0.122. The summed E-state index contributed by atoms with van der Waals surface area (Å²) < 4.78 is 5.74. The fourth-order valence-electron chi connectivity index (χ4n) is 8.85. The van der Waals surface area contributed by atoms with E-state index in [0.717, 1.165) is 122 Å². The van der Waals surface area contributed by atoms with Crippen LogP contribution in [0.2, 0.25) is 0 Å². The summed E-state index contributed by atoms with van der Waals surface area (Å²) >= 11 is 0. The summed E-state index contributed by atoms with van der Waals surface area (Å²) in [4.78, 5) is 21.1. The number of anilines is 9. The minimum atomic E-state index is 0.519. The number of rotatable bonds is 14. The second-order valence-corrected chi connectivity index (χ2v) is 17.5. The van der Waals surface area contributed by atoms with E-state index in [0.29, 0.717) is 56.0 Å². The van der Waals surface area contributed by atoms with E-state index in [9.17, 15) is 0 Å². The number of ether oxygens (including phenoxy) is 1. The molecule has 65 heavy (non-hydrogen) atoms. The van der Waals surface area contributed by atoms with E-state index in [1.165, 1.54) is 11.3 Å². The summed E-state index contributed by atoms with van der Waals surface area (Å²) in [6.07, 6.45) is 1.70. The number of likely N-dealkylation sites (N-methyl/N-ethyl adjacent to an activating group) is 2. The molecule has 4 heterocycles. The predicted molar refractivity (Wildman–Crippen MR) is 270 cm³/mol. The Morgan fingerprint density at radius 2 is 1.02 bits per heavy atom. The van der Waals surface area contributed by atoms with Crippen LogP contribution in [0.25, 0.3) is 22.3 Å². The molecule has 0 unspecified atom stereocenters. The minimum absolute atomic E-state index is 0.519. The Bertz CT molecular complexity index is 2550. The van der Waals surface area contributed by atoms with E-state index >= 15 is 0 Å². The highest BCUT2D eigenvalue weighted by atomic mass is 16.5. The van der Waals surface area contributed by atoms with Crippen molar-refractivity contribution in [2.75, 3.05) is 141 Å². The average molecular weight is 874 g/mol. The molecule has 3 saturated heterocycles. The van der Waals surface area contributed by atoms with Gasteiger partial charge in [0.2, 0.25) is 5.95 Å². The minimum Gasteiger partial charge on any atom is -0.397 e. The standard InChI is InChI=1S/C51H63N13O/c1-60-14-18-62(19-15-60)41-28-43(48(53)46(30-41)55-32-36-8-4-3-5-9-36)39-12-6-10-37(26-39)33-56-47-31-42(63-22-24-65-25-23-63)29-44(49(47)54)40-13-7-11-38(27-40)34-57-50-45(52)35-58-51(59-50)64-20-16-61(2)17-21-64/h3-13,26-31,35,55-56H,14-25,32-34,52-54H2,1-2H3,(H,57,58,59). The van der Waals surface area contributed by atoms with Gasteiger partial charge in [-0.05, 0) is 78.3 Å². The summed E-state index contributed by atoms with van der Waals surface area (Å²) in [6, 6.07) is 36.5. The van der Waals surface area contributed by atoms with Gasteiger partial charge < -0.3 is 62.4 Å². The van der Waals surface area contributed by atoms with Crippen LogP contribution < -0.4 is 47.9 Å². The van der Waals surface area contributed by atoms with Crippen LogP contribution >= 0.6 is 0 Å². The topological polar surface area (TPSA) is 165 Å². The number of nitrogens with zero attached hydrogens (tertiary/aromatic N) is 7. The number of nitrogen functional groups attached to an aromatic ring is 3. The molecule has 9 rings (SSSR count). The van der Waals surface area contributed by atoms with Crippen LogP contribution in [0.1, 0.15) is 16.7 Å². The summed E-state index contributed by atoms with van der Waals surface area (Å²) in [5.74, 6) is 1.33. The molecule has 6 aromatic rings. The maximum atomic E-state index is 7.14. The van der Waals surface area contributed by atoms with E-state index in [1.807, 2.05) is 6.07 Å². The van der Waals surface area contributed by atoms with E-state index < -0.39 is 0 Å². The van der Waals surface area contributed by atoms with Gasteiger partial charge in [0.15, 0.2) is 5.82 Å². The number of hydrogen-bond donors (Lipinski definition) is 6. The molecule has 1 aromatic heterocycles. The molecule has 0 amide bonds. The normalized spacial score (nSPS) is 16.1. The van der Waals surface area contributed by atoms with Gasteiger partial charge in [-0.3, -0.25) is 0 Å². The van der Waals surface area contributed by atoms with E-state index in [1.54, 1.807) is 6.20 Å². The quantitative estimate of drug-likeness (QED) is 0.0638. The molecule has 0 bridgehead atoms. The first-order valence-electron chi connectivity index (χ1n) is 22.9. The second-order valence-electron chi connectivity index (χ2n) is 17.5. The third kappa shape index (κ3) is 10.5. The molecular formula is C51H63N13O. The number of nitrogens with one attached hydrogen (secondary N) is 3. The van der Waals surface area contributed by atoms with E-state index in [-0.39, 0.29) is 0 Å². The van der Waals surface area contributed by atoms with Crippen LogP contribution in [0.3, 0.4) is 0 Å². The third-order valence-electron chi connectivity index (χ3n) is 12.9. The van der Waals surface area contributed by atoms with E-state index in [4.69, 9.17) is 26.9 Å². The number of aromatic nitrogens is 2. The Hall–Kier alpha value is -6.74. The Morgan fingerprint density at radius 1 is 0.523 bits per heavy atom. The first-order chi connectivity index (χ1) is 31.7. The van der Waals surface area contributed by atoms with Crippen molar-refractivity contribution < 1.29 is 4.74 Å². The van der Waals surface area contributed by atoms with Gasteiger partial charge in [0.1, 0.15) is 0 Å². The van der Waals surface area contributed by atoms with Crippen molar-refractivity contribution in [3.63, 3.8) is 0 Å². The highest BCUT2D eigenvalue weighted by Gasteiger charge is 2.21. The lowest BCUT2D eigenvalue weighted by atomic mass is 9.98. The molecule has 3 aliphatic rings. The first kappa shape index (κ1) is 43.5. The lowest BCUT2D eigenvalue weighted by Crippen LogP contribution is -2.45. The zero-order valence-corrected chi connectivity index (χ0v) is 37.8. The highest BCUT2D eigenvalue weighted by Crippen LogP contribution is 2.40. The van der Waals surface area contributed by atoms with Crippen LogP contribution in [0.15, 0.2) is 109 Å². The monoisotopic (exact) mass is 874 g/mol. The summed E-state index contributed by atoms with van der Waals surface area (Å²) in [5, 5.41) is 10.9. The Kier molecular flexibility index (Phi) is 13.4. The third-order valence-corrected chi connectivity index (χ3v) is 12.9. The summed E-state index contributed by atoms with van der Waals surface area (Å²) in [6.45, 7) is 12.4. The zero-order valence-electron chi connectivity index (χ0n) is 37.8. The molecule has 14 nitrogen and oxygen atoms in total. The fraction of sp³-hybridized carbons (Fsp3) is 0.333. The Balaban J connectivity index is 0.965. The first-order valence-corrected chi connectivity index (χ1v) is 22.9. The molecule has 3 aliphatic heterocycles. The number of hydrogen-bond acceptors (Lipinski definition) is 14. The molecule has 3 fully saturated rings. The molecule has 0 radical (unpaired) electrons. The molecule has 0 aliphatic carbocycles. The number of nitrogens with two attached hydrogens (primary N) is 3. The van der Waals surface area contributed by atoms with Gasteiger partial charge in [-0.2, -0.15) is 4.98 Å². The van der Waals surface area contributed by atoms with E-state index in [2.05, 4.69) is 157 Å². The predicted octanol–water partition coefficient (Wildman–Crippen LogP) is 6.73. The maximum absolute atomic E-state index is 7.14. The Morgan fingerprint density at radius 3 is 1.58 bits per heavy atom. The van der Waals surface area contributed by atoms with Crippen molar-refractivity contribution in [2.45, 2.75) is 19.6 Å². The van der Waals surface area contributed by atoms with Crippen LogP contribution in [0.4, 0.5) is 51.6 Å². The number of piperazine rings is 2. The average Bonchev–Trinajstić information content (AvgIpc) is 3.34. The van der Waals surface area contributed by atoms with Crippen molar-refractivity contribution in [3.8, 4) is 22.3 Å². The van der Waals surface area contributed by atoms with Gasteiger partial charge in [-0.15, -0.1) is 0 Å². The van der Waals surface area contributed by atoms with Gasteiger partial charge >= 0.3 is 0 Å². The molecule has 14 heteroatoms. The van der Waals surface area contributed by atoms with Crippen LogP contribution in [0.5, 0.6) is 0 Å². The van der Waals surface area contributed by atoms with Gasteiger partial charge in [-0.25, -0.2) is 4.98 Å². The smallest absolute Gasteiger partial charge is 0.227 e. The largest absolute Gasteiger partial charge is 0.397 e. The molecule has 9 N–H and O–H groups in total.